The van der Waals surface area contributed by atoms with Crippen molar-refractivity contribution in [3.63, 3.8) is 0 Å². The number of benzene rings is 1. The number of hydrazine groups is 1. The molecule has 0 atom stereocenters. The molecule has 0 unspecified atom stereocenters. The van der Waals surface area contributed by atoms with Crippen LogP contribution in [0, 0.1) is 0 Å². The first-order valence-electron chi connectivity index (χ1n) is 3.61. The zero-order chi connectivity index (χ0) is 9.68. The lowest BCUT2D eigenvalue weighted by Gasteiger charge is -2.17. The molecule has 0 saturated carbocycles. The second-order valence-electron chi connectivity index (χ2n) is 2.28. The highest BCUT2D eigenvalue weighted by molar-refractivity contribution is 7.80. The Balaban J connectivity index is 2.73. The standard InChI is InChI=1S/C8H10N4S/c1-10-11-8(13)12(9)7-5-3-2-4-6-7/h2-6H,1,9H2,(H,11,13). The van der Waals surface area contributed by atoms with Gasteiger partial charge in [0, 0.05) is 6.72 Å². The highest BCUT2D eigenvalue weighted by Gasteiger charge is 2.04. The molecule has 0 radical (unpaired) electrons. The van der Waals surface area contributed by atoms with Crippen molar-refractivity contribution in [3.8, 4) is 0 Å². The van der Waals surface area contributed by atoms with Crippen molar-refractivity contribution in [2.75, 3.05) is 5.01 Å². The van der Waals surface area contributed by atoms with Crippen LogP contribution in [0.2, 0.25) is 0 Å². The fraction of sp³-hybridized carbons (Fsp3) is 0. The van der Waals surface area contributed by atoms with Gasteiger partial charge in [0.05, 0.1) is 5.69 Å². The molecule has 68 valence electrons. The van der Waals surface area contributed by atoms with Gasteiger partial charge in [-0.15, -0.1) is 0 Å². The van der Waals surface area contributed by atoms with Crippen LogP contribution < -0.4 is 16.3 Å². The van der Waals surface area contributed by atoms with E-state index in [1.165, 1.54) is 5.01 Å². The van der Waals surface area contributed by atoms with Crippen LogP contribution >= 0.6 is 12.2 Å². The number of anilines is 1. The average Bonchev–Trinajstić information content (AvgIpc) is 2.18. The van der Waals surface area contributed by atoms with Crippen molar-refractivity contribution in [2.24, 2.45) is 10.9 Å². The first kappa shape index (κ1) is 9.63. The minimum atomic E-state index is 0.307. The van der Waals surface area contributed by atoms with E-state index in [0.29, 0.717) is 5.11 Å². The summed E-state index contributed by atoms with van der Waals surface area (Å²) in [5.74, 6) is 5.67. The van der Waals surface area contributed by atoms with Gasteiger partial charge < -0.3 is 0 Å². The Morgan fingerprint density at radius 2 is 2.08 bits per heavy atom. The van der Waals surface area contributed by atoms with Crippen molar-refractivity contribution in [2.45, 2.75) is 0 Å². The highest BCUT2D eigenvalue weighted by atomic mass is 32.1. The maximum absolute atomic E-state index is 5.67. The van der Waals surface area contributed by atoms with Crippen LogP contribution in [0.15, 0.2) is 35.4 Å². The largest absolute Gasteiger partial charge is 0.253 e. The molecule has 4 nitrogen and oxygen atoms in total. The number of nitrogens with zero attached hydrogens (tertiary/aromatic N) is 2. The summed E-state index contributed by atoms with van der Waals surface area (Å²) in [6, 6.07) is 9.34. The highest BCUT2D eigenvalue weighted by Crippen LogP contribution is 2.08. The van der Waals surface area contributed by atoms with Gasteiger partial charge >= 0.3 is 0 Å². The smallest absolute Gasteiger partial charge is 0.208 e. The maximum Gasteiger partial charge on any atom is 0.208 e. The summed E-state index contributed by atoms with van der Waals surface area (Å²) in [6.45, 7) is 3.25. The first-order chi connectivity index (χ1) is 6.25. The van der Waals surface area contributed by atoms with Crippen molar-refractivity contribution in [3.05, 3.63) is 30.3 Å². The zero-order valence-electron chi connectivity index (χ0n) is 6.97. The maximum atomic E-state index is 5.67. The van der Waals surface area contributed by atoms with Gasteiger partial charge in [-0.2, -0.15) is 5.10 Å². The third-order valence-corrected chi connectivity index (χ3v) is 1.72. The minimum Gasteiger partial charge on any atom is -0.253 e. The summed E-state index contributed by atoms with van der Waals surface area (Å²) in [4.78, 5) is 0. The topological polar surface area (TPSA) is 53.7 Å². The molecule has 1 aromatic rings. The second kappa shape index (κ2) is 4.54. The molecule has 0 heterocycles. The quantitative estimate of drug-likeness (QED) is 0.317. The molecule has 0 aliphatic rings. The van der Waals surface area contributed by atoms with E-state index in [-0.39, 0.29) is 0 Å². The lowest BCUT2D eigenvalue weighted by molar-refractivity contribution is 0.989. The van der Waals surface area contributed by atoms with Gasteiger partial charge in [0.2, 0.25) is 5.11 Å². The van der Waals surface area contributed by atoms with E-state index in [9.17, 15) is 0 Å². The molecule has 0 aliphatic heterocycles. The lowest BCUT2D eigenvalue weighted by Crippen LogP contribution is -2.42. The Kier molecular flexibility index (Phi) is 3.36. The Morgan fingerprint density at radius 3 is 2.62 bits per heavy atom. The number of nitrogens with one attached hydrogen (secondary N) is 1. The number of para-hydroxylation sites is 1. The van der Waals surface area contributed by atoms with Crippen LogP contribution in [-0.2, 0) is 0 Å². The Labute approximate surface area is 82.0 Å². The van der Waals surface area contributed by atoms with Gasteiger partial charge in [-0.25, -0.2) is 5.84 Å². The fourth-order valence-electron chi connectivity index (χ4n) is 0.827. The summed E-state index contributed by atoms with van der Waals surface area (Å²) in [6.07, 6.45) is 0. The number of hydrogen-bond donors (Lipinski definition) is 2. The Bertz CT molecular complexity index is 298. The third kappa shape index (κ3) is 2.50. The molecule has 13 heavy (non-hydrogen) atoms. The number of rotatable bonds is 2. The van der Waals surface area contributed by atoms with Crippen LogP contribution in [0.4, 0.5) is 5.69 Å². The van der Waals surface area contributed by atoms with Gasteiger partial charge in [-0.05, 0) is 24.4 Å². The Hall–Kier alpha value is -1.46. The summed E-state index contributed by atoms with van der Waals surface area (Å²) < 4.78 is 0. The normalized spacial score (nSPS) is 9.00. The summed E-state index contributed by atoms with van der Waals surface area (Å²) >= 11 is 4.91. The predicted molar refractivity (Wildman–Crippen MR) is 58.4 cm³/mol. The molecule has 0 saturated heterocycles. The number of nitrogens with two attached hydrogens (primary N) is 1. The van der Waals surface area contributed by atoms with Crippen molar-refractivity contribution in [1.29, 1.82) is 0 Å². The van der Waals surface area contributed by atoms with E-state index in [2.05, 4.69) is 17.2 Å². The van der Waals surface area contributed by atoms with Crippen LogP contribution in [0.25, 0.3) is 0 Å². The Morgan fingerprint density at radius 1 is 1.46 bits per heavy atom. The molecule has 1 aromatic carbocycles. The molecule has 1 rings (SSSR count). The minimum absolute atomic E-state index is 0.307. The fourth-order valence-corrected chi connectivity index (χ4v) is 0.997. The van der Waals surface area contributed by atoms with Crippen molar-refractivity contribution < 1.29 is 0 Å². The van der Waals surface area contributed by atoms with Crippen LogP contribution in [-0.4, -0.2) is 11.8 Å². The summed E-state index contributed by atoms with van der Waals surface area (Å²) in [5, 5.41) is 5.05. The van der Waals surface area contributed by atoms with Crippen molar-refractivity contribution in [1.82, 2.24) is 5.43 Å². The molecule has 3 N–H and O–H groups in total. The van der Waals surface area contributed by atoms with E-state index in [1.54, 1.807) is 0 Å². The van der Waals surface area contributed by atoms with Crippen LogP contribution in [0.1, 0.15) is 0 Å². The number of thiocarbonyl (C=S) groups is 1. The zero-order valence-corrected chi connectivity index (χ0v) is 7.79. The summed E-state index contributed by atoms with van der Waals surface area (Å²) in [7, 11) is 0. The third-order valence-electron chi connectivity index (χ3n) is 1.43. The SMILES string of the molecule is C=NNC(=S)N(N)c1ccccc1. The molecular weight excluding hydrogens is 184 g/mol. The molecule has 0 aromatic heterocycles. The van der Waals surface area contributed by atoms with E-state index >= 15 is 0 Å². The van der Waals surface area contributed by atoms with Gasteiger partial charge in [-0.3, -0.25) is 10.4 Å². The van der Waals surface area contributed by atoms with E-state index in [4.69, 9.17) is 18.1 Å². The first-order valence-corrected chi connectivity index (χ1v) is 4.02. The summed E-state index contributed by atoms with van der Waals surface area (Å²) in [5.41, 5.74) is 3.29. The van der Waals surface area contributed by atoms with Crippen LogP contribution in [0.5, 0.6) is 0 Å². The molecule has 5 heteroatoms. The van der Waals surface area contributed by atoms with Gasteiger partial charge in [0.15, 0.2) is 0 Å². The van der Waals surface area contributed by atoms with Crippen LogP contribution in [0.3, 0.4) is 0 Å². The predicted octanol–water partition coefficient (Wildman–Crippen LogP) is 0.857. The van der Waals surface area contributed by atoms with Crippen molar-refractivity contribution >= 4 is 29.7 Å². The van der Waals surface area contributed by atoms with Gasteiger partial charge in [0.25, 0.3) is 0 Å². The molecule has 0 spiro atoms. The average molecular weight is 194 g/mol. The number of hydrazone groups is 1. The molecular formula is C8H10N4S. The molecule has 0 aliphatic carbocycles. The van der Waals surface area contributed by atoms with Gasteiger partial charge in [0.1, 0.15) is 0 Å². The second-order valence-corrected chi connectivity index (χ2v) is 2.67. The number of hydrogen-bond acceptors (Lipinski definition) is 3. The molecule has 0 bridgehead atoms. The monoisotopic (exact) mass is 194 g/mol. The van der Waals surface area contributed by atoms with E-state index < -0.39 is 0 Å². The van der Waals surface area contributed by atoms with E-state index in [1.807, 2.05) is 30.3 Å². The molecule has 0 fully saturated rings. The molecule has 0 amide bonds. The van der Waals surface area contributed by atoms with E-state index in [0.717, 1.165) is 5.69 Å². The van der Waals surface area contributed by atoms with Gasteiger partial charge in [-0.1, -0.05) is 18.2 Å². The lowest BCUT2D eigenvalue weighted by atomic mass is 10.3.